The van der Waals surface area contributed by atoms with Gasteiger partial charge in [-0.1, -0.05) is 6.58 Å². The maximum absolute atomic E-state index is 10.6. The van der Waals surface area contributed by atoms with Crippen LogP contribution in [0, 0.1) is 0 Å². The topological polar surface area (TPSA) is 43.8 Å². The molecule has 1 N–H and O–H groups in total. The monoisotopic (exact) mass is 212 g/mol. The van der Waals surface area contributed by atoms with E-state index in [2.05, 4.69) is 23.4 Å². The Labute approximate surface area is 91.2 Å². The maximum Gasteiger partial charge on any atom is 0.332 e. The van der Waals surface area contributed by atoms with Crippen LogP contribution in [0.1, 0.15) is 12.8 Å². The molecular weight excluding hydrogens is 192 g/mol. The molecule has 1 heterocycles. The van der Waals surface area contributed by atoms with E-state index in [1.165, 1.54) is 6.42 Å². The third kappa shape index (κ3) is 3.64. The minimum atomic E-state index is -0.897. The largest absolute Gasteiger partial charge is 0.478 e. The molecule has 1 unspecified atom stereocenters. The van der Waals surface area contributed by atoms with Crippen molar-refractivity contribution in [3.8, 4) is 0 Å². The average Bonchev–Trinajstić information content (AvgIpc) is 2.17. The summed E-state index contributed by atoms with van der Waals surface area (Å²) in [6.07, 6.45) is 2.33. The third-order valence-electron chi connectivity index (χ3n) is 2.97. The predicted molar refractivity (Wildman–Crippen MR) is 59.9 cm³/mol. The fourth-order valence-corrected chi connectivity index (χ4v) is 2.00. The number of hydrogen-bond acceptors (Lipinski definition) is 3. The van der Waals surface area contributed by atoms with Gasteiger partial charge in [0, 0.05) is 24.7 Å². The van der Waals surface area contributed by atoms with Gasteiger partial charge in [-0.2, -0.15) is 0 Å². The smallest absolute Gasteiger partial charge is 0.332 e. The van der Waals surface area contributed by atoms with Gasteiger partial charge in [-0.15, -0.1) is 0 Å². The van der Waals surface area contributed by atoms with E-state index in [9.17, 15) is 4.79 Å². The molecule has 0 bridgehead atoms. The van der Waals surface area contributed by atoms with Gasteiger partial charge in [0.1, 0.15) is 0 Å². The summed E-state index contributed by atoms with van der Waals surface area (Å²) >= 11 is 0. The van der Waals surface area contributed by atoms with Crippen LogP contribution in [0.2, 0.25) is 0 Å². The second kappa shape index (κ2) is 5.28. The molecule has 0 saturated carbocycles. The zero-order valence-corrected chi connectivity index (χ0v) is 9.57. The molecule has 1 saturated heterocycles. The lowest BCUT2D eigenvalue weighted by Crippen LogP contribution is -2.45. The van der Waals surface area contributed by atoms with Gasteiger partial charge in [0.05, 0.1) is 0 Å². The number of carbonyl (C=O) groups is 1. The Bertz CT molecular complexity index is 253. The molecule has 0 radical (unpaired) electrons. The Morgan fingerprint density at radius 1 is 1.67 bits per heavy atom. The summed E-state index contributed by atoms with van der Waals surface area (Å²) < 4.78 is 0. The van der Waals surface area contributed by atoms with Crippen LogP contribution in [-0.4, -0.2) is 60.6 Å². The molecule has 1 fully saturated rings. The second-order valence-electron chi connectivity index (χ2n) is 4.38. The fraction of sp³-hybridized carbons (Fsp3) is 0.727. The zero-order chi connectivity index (χ0) is 11.4. The van der Waals surface area contributed by atoms with E-state index in [1.807, 2.05) is 7.05 Å². The van der Waals surface area contributed by atoms with Crippen LogP contribution in [-0.2, 0) is 4.79 Å². The minimum Gasteiger partial charge on any atom is -0.478 e. The molecule has 0 aromatic heterocycles. The summed E-state index contributed by atoms with van der Waals surface area (Å²) in [4.78, 5) is 15.0. The Hall–Kier alpha value is -0.870. The summed E-state index contributed by atoms with van der Waals surface area (Å²) in [5.74, 6) is -0.897. The molecule has 1 aliphatic heterocycles. The number of nitrogens with zero attached hydrogens (tertiary/aromatic N) is 2. The van der Waals surface area contributed by atoms with Gasteiger partial charge in [0.25, 0.3) is 0 Å². The summed E-state index contributed by atoms with van der Waals surface area (Å²) in [7, 11) is 4.07. The molecule has 86 valence electrons. The van der Waals surface area contributed by atoms with Crippen LogP contribution in [0.15, 0.2) is 12.2 Å². The van der Waals surface area contributed by atoms with Crippen LogP contribution in [0.3, 0.4) is 0 Å². The van der Waals surface area contributed by atoms with Crippen molar-refractivity contribution in [2.45, 2.75) is 18.9 Å². The summed E-state index contributed by atoms with van der Waals surface area (Å²) in [5.41, 5.74) is 0.269. The Morgan fingerprint density at radius 3 is 2.87 bits per heavy atom. The van der Waals surface area contributed by atoms with Gasteiger partial charge < -0.3 is 10.0 Å². The van der Waals surface area contributed by atoms with Crippen molar-refractivity contribution in [2.24, 2.45) is 0 Å². The van der Waals surface area contributed by atoms with Gasteiger partial charge in [0.2, 0.25) is 0 Å². The van der Waals surface area contributed by atoms with E-state index in [1.54, 1.807) is 0 Å². The van der Waals surface area contributed by atoms with Crippen LogP contribution in [0.25, 0.3) is 0 Å². The van der Waals surface area contributed by atoms with E-state index in [-0.39, 0.29) is 5.57 Å². The molecule has 4 nitrogen and oxygen atoms in total. The Kier molecular flexibility index (Phi) is 4.29. The van der Waals surface area contributed by atoms with Gasteiger partial charge in [-0.3, -0.25) is 4.90 Å². The molecule has 0 aliphatic carbocycles. The number of hydrogen-bond donors (Lipinski definition) is 1. The lowest BCUT2D eigenvalue weighted by atomic mass is 10.0. The Morgan fingerprint density at radius 2 is 2.33 bits per heavy atom. The molecule has 4 heteroatoms. The SMILES string of the molecule is C=C(CN(C)C1CCCN(C)C1)C(=O)O. The zero-order valence-electron chi connectivity index (χ0n) is 9.57. The standard InChI is InChI=1S/C11H20N2O2/c1-9(11(14)15)7-13(3)10-5-4-6-12(2)8-10/h10H,1,4-8H2,2-3H3,(H,14,15). The van der Waals surface area contributed by atoms with E-state index in [0.717, 1.165) is 19.5 Å². The molecule has 1 rings (SSSR count). The van der Waals surface area contributed by atoms with Gasteiger partial charge in [0.15, 0.2) is 0 Å². The number of likely N-dealkylation sites (tertiary alicyclic amines) is 1. The first kappa shape index (κ1) is 12.2. The van der Waals surface area contributed by atoms with E-state index < -0.39 is 5.97 Å². The van der Waals surface area contributed by atoms with Crippen molar-refractivity contribution in [1.29, 1.82) is 0 Å². The van der Waals surface area contributed by atoms with E-state index >= 15 is 0 Å². The predicted octanol–water partition coefficient (Wildman–Crippen LogP) is 0.653. The number of aliphatic carboxylic acids is 1. The highest BCUT2D eigenvalue weighted by Crippen LogP contribution is 2.14. The van der Waals surface area contributed by atoms with Gasteiger partial charge in [-0.25, -0.2) is 4.79 Å². The van der Waals surface area contributed by atoms with E-state index in [4.69, 9.17) is 5.11 Å². The highest BCUT2D eigenvalue weighted by atomic mass is 16.4. The molecular formula is C11H20N2O2. The van der Waals surface area contributed by atoms with Gasteiger partial charge >= 0.3 is 5.97 Å². The van der Waals surface area contributed by atoms with Gasteiger partial charge in [-0.05, 0) is 33.5 Å². The quantitative estimate of drug-likeness (QED) is 0.695. The van der Waals surface area contributed by atoms with Crippen molar-refractivity contribution in [3.05, 3.63) is 12.2 Å². The lowest BCUT2D eigenvalue weighted by Gasteiger charge is -2.35. The van der Waals surface area contributed by atoms with Crippen molar-refractivity contribution in [1.82, 2.24) is 9.80 Å². The molecule has 15 heavy (non-hydrogen) atoms. The number of piperidine rings is 1. The summed E-state index contributed by atoms with van der Waals surface area (Å²) in [6, 6.07) is 0.458. The molecule has 0 spiro atoms. The molecule has 1 atom stereocenters. The van der Waals surface area contributed by atoms with Crippen molar-refractivity contribution in [3.63, 3.8) is 0 Å². The first-order chi connectivity index (χ1) is 7.00. The number of rotatable bonds is 4. The van der Waals surface area contributed by atoms with Crippen LogP contribution in [0.4, 0.5) is 0 Å². The molecule has 0 amide bonds. The first-order valence-electron chi connectivity index (χ1n) is 5.30. The molecule has 0 aromatic carbocycles. The molecule has 0 aromatic rings. The van der Waals surface area contributed by atoms with Crippen LogP contribution in [0.5, 0.6) is 0 Å². The number of likely N-dealkylation sites (N-methyl/N-ethyl adjacent to an activating group) is 2. The second-order valence-corrected chi connectivity index (χ2v) is 4.38. The Balaban J connectivity index is 2.42. The van der Waals surface area contributed by atoms with Crippen LogP contribution < -0.4 is 0 Å². The highest BCUT2D eigenvalue weighted by Gasteiger charge is 2.22. The number of carboxylic acid groups (broad SMARTS) is 1. The van der Waals surface area contributed by atoms with Crippen molar-refractivity contribution in [2.75, 3.05) is 33.7 Å². The first-order valence-corrected chi connectivity index (χ1v) is 5.30. The van der Waals surface area contributed by atoms with Crippen LogP contribution >= 0.6 is 0 Å². The highest BCUT2D eigenvalue weighted by molar-refractivity contribution is 5.86. The van der Waals surface area contributed by atoms with E-state index in [0.29, 0.717) is 12.6 Å². The third-order valence-corrected chi connectivity index (χ3v) is 2.97. The fourth-order valence-electron chi connectivity index (χ4n) is 2.00. The number of carboxylic acids is 1. The maximum atomic E-state index is 10.6. The lowest BCUT2D eigenvalue weighted by molar-refractivity contribution is -0.132. The van der Waals surface area contributed by atoms with Crippen molar-refractivity contribution < 1.29 is 9.90 Å². The average molecular weight is 212 g/mol. The summed E-state index contributed by atoms with van der Waals surface area (Å²) in [6.45, 7) is 6.17. The van der Waals surface area contributed by atoms with Crippen molar-refractivity contribution >= 4 is 5.97 Å². The normalized spacial score (nSPS) is 23.0. The summed E-state index contributed by atoms with van der Waals surface area (Å²) in [5, 5.41) is 8.74. The molecule has 1 aliphatic rings. The minimum absolute atomic E-state index is 0.269.